The van der Waals surface area contributed by atoms with Crippen LogP contribution in [0.5, 0.6) is 0 Å². The highest BCUT2D eigenvalue weighted by Gasteiger charge is 2.08. The van der Waals surface area contributed by atoms with Crippen LogP contribution in [0.2, 0.25) is 0 Å². The van der Waals surface area contributed by atoms with Gasteiger partial charge in [-0.05, 0) is 12.8 Å². The first kappa shape index (κ1) is 10.7. The molecule has 0 spiro atoms. The van der Waals surface area contributed by atoms with E-state index in [-0.39, 0.29) is 0 Å². The number of rotatable bonds is 6. The molecule has 0 saturated heterocycles. The molecule has 78 valence electrons. The molecule has 1 rings (SSSR count). The maximum Gasteiger partial charge on any atom is 0.207 e. The number of carbonyl (C=O) groups is 1. The lowest BCUT2D eigenvalue weighted by Gasteiger charge is -2.06. The molecule has 1 N–H and O–H groups in total. The van der Waals surface area contributed by atoms with Gasteiger partial charge >= 0.3 is 0 Å². The standard InChI is InChI=1S/C9H16N4O/c1-8(4-3-5-10-7-14)9-6-13(2)12-11-9/h6-8H,3-5H2,1-2H3,(H,10,14). The monoisotopic (exact) mass is 196 g/mol. The average Bonchev–Trinajstić information content (AvgIpc) is 2.59. The van der Waals surface area contributed by atoms with Crippen molar-refractivity contribution in [2.24, 2.45) is 7.05 Å². The summed E-state index contributed by atoms with van der Waals surface area (Å²) in [6.07, 6.45) is 4.64. The maximum atomic E-state index is 9.99. The third kappa shape index (κ3) is 3.16. The average molecular weight is 196 g/mol. The Labute approximate surface area is 83.5 Å². The van der Waals surface area contributed by atoms with Crippen molar-refractivity contribution in [1.29, 1.82) is 0 Å². The van der Waals surface area contributed by atoms with Crippen molar-refractivity contribution in [3.63, 3.8) is 0 Å². The quantitative estimate of drug-likeness (QED) is 0.530. The predicted octanol–water partition coefficient (Wildman–Crippen LogP) is 0.445. The summed E-state index contributed by atoms with van der Waals surface area (Å²) in [5, 5.41) is 10.6. The van der Waals surface area contributed by atoms with E-state index in [1.807, 2.05) is 13.2 Å². The van der Waals surface area contributed by atoms with Crippen LogP contribution in [-0.4, -0.2) is 27.9 Å². The van der Waals surface area contributed by atoms with Gasteiger partial charge in [-0.15, -0.1) is 5.10 Å². The van der Waals surface area contributed by atoms with Gasteiger partial charge in [-0.25, -0.2) is 0 Å². The van der Waals surface area contributed by atoms with Crippen LogP contribution in [0.1, 0.15) is 31.4 Å². The summed E-state index contributed by atoms with van der Waals surface area (Å²) in [6, 6.07) is 0. The third-order valence-corrected chi connectivity index (χ3v) is 2.17. The second-order valence-corrected chi connectivity index (χ2v) is 3.43. The van der Waals surface area contributed by atoms with Gasteiger partial charge in [-0.2, -0.15) is 0 Å². The molecule has 0 aliphatic carbocycles. The second-order valence-electron chi connectivity index (χ2n) is 3.43. The van der Waals surface area contributed by atoms with Gasteiger partial charge in [0.1, 0.15) is 0 Å². The van der Waals surface area contributed by atoms with E-state index in [0.29, 0.717) is 5.92 Å². The number of nitrogens with zero attached hydrogens (tertiary/aromatic N) is 3. The summed E-state index contributed by atoms with van der Waals surface area (Å²) in [5.74, 6) is 0.400. The lowest BCUT2D eigenvalue weighted by Crippen LogP contribution is -2.12. The number of nitrogens with one attached hydrogen (secondary N) is 1. The third-order valence-electron chi connectivity index (χ3n) is 2.17. The van der Waals surface area contributed by atoms with Crippen molar-refractivity contribution in [3.8, 4) is 0 Å². The highest BCUT2D eigenvalue weighted by atomic mass is 16.1. The summed E-state index contributed by atoms with van der Waals surface area (Å²) in [4.78, 5) is 9.99. The number of hydrogen-bond acceptors (Lipinski definition) is 3. The van der Waals surface area contributed by atoms with Crippen LogP contribution >= 0.6 is 0 Å². The van der Waals surface area contributed by atoms with E-state index < -0.39 is 0 Å². The SMILES string of the molecule is CC(CCCNC=O)c1cn(C)nn1. The Kier molecular flexibility index (Phi) is 4.10. The smallest absolute Gasteiger partial charge is 0.207 e. The zero-order chi connectivity index (χ0) is 10.4. The van der Waals surface area contributed by atoms with Gasteiger partial charge in [0.15, 0.2) is 0 Å². The number of carbonyl (C=O) groups excluding carboxylic acids is 1. The van der Waals surface area contributed by atoms with Crippen LogP contribution in [0.15, 0.2) is 6.20 Å². The molecule has 0 saturated carbocycles. The molecule has 5 heteroatoms. The lowest BCUT2D eigenvalue weighted by molar-refractivity contribution is -0.109. The Balaban J connectivity index is 2.28. The van der Waals surface area contributed by atoms with Crippen LogP contribution < -0.4 is 5.32 Å². The fourth-order valence-electron chi connectivity index (χ4n) is 1.31. The molecule has 14 heavy (non-hydrogen) atoms. The highest BCUT2D eigenvalue weighted by molar-refractivity contribution is 5.45. The van der Waals surface area contributed by atoms with Gasteiger partial charge in [-0.1, -0.05) is 12.1 Å². The Hall–Kier alpha value is -1.39. The van der Waals surface area contributed by atoms with Gasteiger partial charge in [0.05, 0.1) is 5.69 Å². The van der Waals surface area contributed by atoms with E-state index in [2.05, 4.69) is 22.6 Å². The lowest BCUT2D eigenvalue weighted by atomic mass is 10.0. The molecule has 1 unspecified atom stereocenters. The molecule has 0 fully saturated rings. The van der Waals surface area contributed by atoms with Gasteiger partial charge in [0.25, 0.3) is 0 Å². The molecular formula is C9H16N4O. The molecule has 1 amide bonds. The van der Waals surface area contributed by atoms with E-state index in [1.54, 1.807) is 4.68 Å². The molecule has 0 aliphatic rings. The molecule has 0 bridgehead atoms. The van der Waals surface area contributed by atoms with Crippen LogP contribution in [-0.2, 0) is 11.8 Å². The number of aryl methyl sites for hydroxylation is 1. The molecule has 1 aromatic heterocycles. The number of hydrogen-bond donors (Lipinski definition) is 1. The molecular weight excluding hydrogens is 180 g/mol. The largest absolute Gasteiger partial charge is 0.359 e. The zero-order valence-corrected chi connectivity index (χ0v) is 8.60. The second kappa shape index (κ2) is 5.36. The van der Waals surface area contributed by atoms with Gasteiger partial charge in [0.2, 0.25) is 6.41 Å². The first-order valence-electron chi connectivity index (χ1n) is 4.77. The van der Waals surface area contributed by atoms with E-state index in [4.69, 9.17) is 0 Å². The summed E-state index contributed by atoms with van der Waals surface area (Å²) in [6.45, 7) is 2.85. The Bertz CT molecular complexity index is 284. The molecule has 1 aromatic rings. The fourth-order valence-corrected chi connectivity index (χ4v) is 1.31. The Morgan fingerprint density at radius 2 is 2.50 bits per heavy atom. The number of amides is 1. The van der Waals surface area contributed by atoms with E-state index in [1.165, 1.54) is 0 Å². The van der Waals surface area contributed by atoms with Crippen molar-refractivity contribution >= 4 is 6.41 Å². The minimum Gasteiger partial charge on any atom is -0.359 e. The normalized spacial score (nSPS) is 12.4. The molecule has 0 radical (unpaired) electrons. The zero-order valence-electron chi connectivity index (χ0n) is 8.60. The summed E-state index contributed by atoms with van der Waals surface area (Å²) >= 11 is 0. The Morgan fingerprint density at radius 3 is 3.07 bits per heavy atom. The topological polar surface area (TPSA) is 59.8 Å². The molecule has 1 atom stereocenters. The fraction of sp³-hybridized carbons (Fsp3) is 0.667. The van der Waals surface area contributed by atoms with E-state index in [9.17, 15) is 4.79 Å². The first-order valence-corrected chi connectivity index (χ1v) is 4.77. The van der Waals surface area contributed by atoms with E-state index >= 15 is 0 Å². The van der Waals surface area contributed by atoms with Gasteiger partial charge in [-0.3, -0.25) is 9.48 Å². The van der Waals surface area contributed by atoms with Crippen molar-refractivity contribution in [3.05, 3.63) is 11.9 Å². The molecule has 0 aromatic carbocycles. The highest BCUT2D eigenvalue weighted by Crippen LogP contribution is 2.16. The van der Waals surface area contributed by atoms with Gasteiger partial charge in [0, 0.05) is 25.7 Å². The van der Waals surface area contributed by atoms with Crippen LogP contribution in [0.4, 0.5) is 0 Å². The molecule has 1 heterocycles. The predicted molar refractivity (Wildman–Crippen MR) is 52.7 cm³/mol. The van der Waals surface area contributed by atoms with Crippen LogP contribution in [0.25, 0.3) is 0 Å². The maximum absolute atomic E-state index is 9.99. The Morgan fingerprint density at radius 1 is 1.71 bits per heavy atom. The van der Waals surface area contributed by atoms with Crippen LogP contribution in [0.3, 0.4) is 0 Å². The minimum atomic E-state index is 0.400. The number of aromatic nitrogens is 3. The van der Waals surface area contributed by atoms with E-state index in [0.717, 1.165) is 31.5 Å². The van der Waals surface area contributed by atoms with Gasteiger partial charge < -0.3 is 5.32 Å². The van der Waals surface area contributed by atoms with Crippen molar-refractivity contribution in [2.45, 2.75) is 25.7 Å². The summed E-state index contributed by atoms with van der Waals surface area (Å²) in [5.41, 5.74) is 1.01. The van der Waals surface area contributed by atoms with Crippen molar-refractivity contribution in [2.75, 3.05) is 6.54 Å². The summed E-state index contributed by atoms with van der Waals surface area (Å²) < 4.78 is 1.70. The molecule has 0 aliphatic heterocycles. The molecule has 5 nitrogen and oxygen atoms in total. The summed E-state index contributed by atoms with van der Waals surface area (Å²) in [7, 11) is 1.86. The van der Waals surface area contributed by atoms with Crippen molar-refractivity contribution < 1.29 is 4.79 Å². The minimum absolute atomic E-state index is 0.400. The van der Waals surface area contributed by atoms with Crippen molar-refractivity contribution in [1.82, 2.24) is 20.3 Å². The first-order chi connectivity index (χ1) is 6.74. The van der Waals surface area contributed by atoms with Crippen LogP contribution in [0, 0.1) is 0 Å².